The molecule has 3 aromatic rings. The van der Waals surface area contributed by atoms with Crippen molar-refractivity contribution in [3.63, 3.8) is 0 Å². The molecule has 31 heavy (non-hydrogen) atoms. The summed E-state index contributed by atoms with van der Waals surface area (Å²) in [5, 5.41) is 16.8. The Morgan fingerprint density at radius 1 is 1.16 bits per heavy atom. The Morgan fingerprint density at radius 2 is 2.00 bits per heavy atom. The Hall–Kier alpha value is -3.17. The van der Waals surface area contributed by atoms with Crippen molar-refractivity contribution >= 4 is 11.6 Å². The zero-order chi connectivity index (χ0) is 22.0. The molecule has 1 aliphatic rings. The van der Waals surface area contributed by atoms with Gasteiger partial charge in [-0.2, -0.15) is 5.10 Å². The molecule has 2 aromatic carbocycles. The van der Waals surface area contributed by atoms with Crippen LogP contribution in [0.15, 0.2) is 54.9 Å². The van der Waals surface area contributed by atoms with Gasteiger partial charge in [0.2, 0.25) is 0 Å². The molecule has 1 fully saturated rings. The molecule has 2 heterocycles. The first-order valence-corrected chi connectivity index (χ1v) is 9.83. The largest absolute Gasteiger partial charge is 0.395 e. The molecular weight excluding hydrogens is 409 g/mol. The van der Waals surface area contributed by atoms with Crippen LogP contribution in [0.3, 0.4) is 0 Å². The van der Waals surface area contributed by atoms with E-state index in [1.807, 2.05) is 4.90 Å². The van der Waals surface area contributed by atoms with Crippen LogP contribution in [-0.4, -0.2) is 44.9 Å². The number of carbonyl (C=O) groups excluding carboxylic acids is 1. The lowest BCUT2D eigenvalue weighted by atomic mass is 10.1. The summed E-state index contributed by atoms with van der Waals surface area (Å²) in [6, 6.07) is 8.93. The molecule has 2 N–H and O–H groups in total. The number of rotatable bonds is 6. The Bertz CT molecular complexity index is 1090. The maximum absolute atomic E-state index is 13.5. The van der Waals surface area contributed by atoms with Gasteiger partial charge in [0.1, 0.15) is 5.82 Å². The first-order chi connectivity index (χ1) is 14.9. The second kappa shape index (κ2) is 8.91. The number of carbonyl (C=O) groups is 1. The van der Waals surface area contributed by atoms with Crippen molar-refractivity contribution in [2.45, 2.75) is 25.0 Å². The van der Waals surface area contributed by atoms with Crippen LogP contribution in [0.5, 0.6) is 0 Å². The molecular formula is C22H21F3N4O2. The number of amides is 1. The minimum absolute atomic E-state index is 0.0673. The predicted octanol–water partition coefficient (Wildman–Crippen LogP) is 3.36. The third kappa shape index (κ3) is 4.78. The lowest BCUT2D eigenvalue weighted by Crippen LogP contribution is -2.31. The van der Waals surface area contributed by atoms with Gasteiger partial charge >= 0.3 is 0 Å². The van der Waals surface area contributed by atoms with E-state index in [1.54, 1.807) is 10.9 Å². The predicted molar refractivity (Wildman–Crippen MR) is 108 cm³/mol. The Labute approximate surface area is 176 Å². The van der Waals surface area contributed by atoms with Gasteiger partial charge in [-0.05, 0) is 42.3 Å². The third-order valence-corrected chi connectivity index (χ3v) is 5.41. The van der Waals surface area contributed by atoms with Crippen LogP contribution in [0.4, 0.5) is 18.9 Å². The minimum Gasteiger partial charge on any atom is -0.395 e. The molecule has 0 bridgehead atoms. The Morgan fingerprint density at radius 3 is 2.74 bits per heavy atom. The molecule has 0 spiro atoms. The van der Waals surface area contributed by atoms with E-state index >= 15 is 0 Å². The molecule has 1 aromatic heterocycles. The highest BCUT2D eigenvalue weighted by Crippen LogP contribution is 2.29. The summed E-state index contributed by atoms with van der Waals surface area (Å²) in [5.41, 5.74) is 1.28. The fourth-order valence-corrected chi connectivity index (χ4v) is 3.84. The van der Waals surface area contributed by atoms with Crippen molar-refractivity contribution in [2.75, 3.05) is 18.5 Å². The van der Waals surface area contributed by atoms with E-state index in [9.17, 15) is 23.1 Å². The monoisotopic (exact) mass is 430 g/mol. The van der Waals surface area contributed by atoms with Crippen molar-refractivity contribution < 1.29 is 23.1 Å². The van der Waals surface area contributed by atoms with Crippen molar-refractivity contribution in [1.29, 1.82) is 0 Å². The number of likely N-dealkylation sites (tertiary alicyclic amines) is 1. The van der Waals surface area contributed by atoms with E-state index in [-0.39, 0.29) is 24.3 Å². The van der Waals surface area contributed by atoms with Crippen molar-refractivity contribution in [2.24, 2.45) is 0 Å². The quantitative estimate of drug-likeness (QED) is 0.629. The number of aromatic nitrogens is 2. The minimum atomic E-state index is -0.903. The van der Waals surface area contributed by atoms with Crippen LogP contribution in [0.1, 0.15) is 28.4 Å². The highest BCUT2D eigenvalue weighted by atomic mass is 19.2. The molecule has 6 nitrogen and oxygen atoms in total. The van der Waals surface area contributed by atoms with E-state index in [0.29, 0.717) is 30.8 Å². The number of anilines is 1. The van der Waals surface area contributed by atoms with E-state index in [2.05, 4.69) is 10.4 Å². The van der Waals surface area contributed by atoms with E-state index in [4.69, 9.17) is 0 Å². The summed E-state index contributed by atoms with van der Waals surface area (Å²) in [4.78, 5) is 14.3. The molecule has 4 rings (SSSR count). The van der Waals surface area contributed by atoms with Gasteiger partial charge in [-0.1, -0.05) is 12.1 Å². The summed E-state index contributed by atoms with van der Waals surface area (Å²) in [6.45, 7) is 0.831. The van der Waals surface area contributed by atoms with Crippen LogP contribution in [0.2, 0.25) is 0 Å². The molecule has 1 saturated heterocycles. The van der Waals surface area contributed by atoms with Crippen molar-refractivity contribution in [3.8, 4) is 0 Å². The van der Waals surface area contributed by atoms with Gasteiger partial charge < -0.3 is 10.4 Å². The molecule has 0 radical (unpaired) electrons. The summed E-state index contributed by atoms with van der Waals surface area (Å²) in [5.74, 6) is -2.74. The average Bonchev–Trinajstić information content (AvgIpc) is 3.37. The number of aliphatic hydroxyl groups excluding tert-OH is 1. The van der Waals surface area contributed by atoms with Crippen LogP contribution < -0.4 is 5.32 Å². The number of hydrogen-bond acceptors (Lipinski definition) is 4. The summed E-state index contributed by atoms with van der Waals surface area (Å²) in [6.07, 6.45) is 3.79. The first kappa shape index (κ1) is 21.1. The fraction of sp³-hybridized carbons (Fsp3) is 0.273. The summed E-state index contributed by atoms with van der Waals surface area (Å²) >= 11 is 0. The highest BCUT2D eigenvalue weighted by Gasteiger charge is 2.33. The van der Waals surface area contributed by atoms with Crippen molar-refractivity contribution in [3.05, 3.63) is 83.4 Å². The molecule has 0 unspecified atom stereocenters. The zero-order valence-electron chi connectivity index (χ0n) is 16.5. The number of nitrogens with zero attached hydrogens (tertiary/aromatic N) is 3. The number of nitrogens with one attached hydrogen (secondary N) is 1. The molecule has 2 atom stereocenters. The maximum Gasteiger partial charge on any atom is 0.255 e. The van der Waals surface area contributed by atoms with Gasteiger partial charge in [-0.25, -0.2) is 13.2 Å². The number of benzene rings is 2. The van der Waals surface area contributed by atoms with E-state index in [0.717, 1.165) is 18.2 Å². The van der Waals surface area contributed by atoms with E-state index < -0.39 is 23.4 Å². The van der Waals surface area contributed by atoms with Gasteiger partial charge in [-0.15, -0.1) is 0 Å². The fourth-order valence-electron chi connectivity index (χ4n) is 3.84. The smallest absolute Gasteiger partial charge is 0.255 e. The molecule has 9 heteroatoms. The standard InChI is InChI=1S/C22H21F3N4O2/c23-16-3-1-2-15(7-16)22(31)27-17-9-26-29(11-17)18-8-19(13-30)28(12-18)10-14-4-5-20(24)21(25)6-14/h1-7,9,11,18-19,30H,8,10,12-13H2,(H,27,31)/t18-,19-/m0/s1. The normalized spacial score (nSPS) is 19.0. The van der Waals surface area contributed by atoms with Crippen LogP contribution >= 0.6 is 0 Å². The molecule has 1 aliphatic heterocycles. The van der Waals surface area contributed by atoms with E-state index in [1.165, 1.54) is 30.5 Å². The molecule has 0 aliphatic carbocycles. The van der Waals surface area contributed by atoms with Crippen LogP contribution in [0, 0.1) is 17.5 Å². The van der Waals surface area contributed by atoms with Gasteiger partial charge in [0.15, 0.2) is 11.6 Å². The van der Waals surface area contributed by atoms with Crippen LogP contribution in [0.25, 0.3) is 0 Å². The summed E-state index contributed by atoms with van der Waals surface area (Å²) < 4.78 is 41.7. The van der Waals surface area contributed by atoms with Crippen molar-refractivity contribution in [1.82, 2.24) is 14.7 Å². The number of aliphatic hydroxyl groups is 1. The maximum atomic E-state index is 13.5. The Kier molecular flexibility index (Phi) is 6.06. The van der Waals surface area contributed by atoms with Gasteiger partial charge in [0.25, 0.3) is 5.91 Å². The molecule has 0 saturated carbocycles. The second-order valence-electron chi connectivity index (χ2n) is 7.58. The topological polar surface area (TPSA) is 70.4 Å². The number of halogens is 3. The van der Waals surface area contributed by atoms with Gasteiger partial charge in [0.05, 0.1) is 24.5 Å². The lowest BCUT2D eigenvalue weighted by molar-refractivity contribution is 0.102. The average molecular weight is 430 g/mol. The summed E-state index contributed by atoms with van der Waals surface area (Å²) in [7, 11) is 0. The molecule has 162 valence electrons. The number of hydrogen-bond donors (Lipinski definition) is 2. The SMILES string of the molecule is O=C(Nc1cnn([C@H]2C[C@@H](CO)N(Cc3ccc(F)c(F)c3)C2)c1)c1cccc(F)c1. The van der Waals surface area contributed by atoms with Gasteiger partial charge in [-0.3, -0.25) is 14.4 Å². The lowest BCUT2D eigenvalue weighted by Gasteiger charge is -2.22. The first-order valence-electron chi connectivity index (χ1n) is 9.83. The van der Waals surface area contributed by atoms with Gasteiger partial charge in [0, 0.05) is 30.9 Å². The third-order valence-electron chi connectivity index (χ3n) is 5.41. The second-order valence-corrected chi connectivity index (χ2v) is 7.58. The molecule has 1 amide bonds. The van der Waals surface area contributed by atoms with Crippen LogP contribution in [-0.2, 0) is 6.54 Å². The highest BCUT2D eigenvalue weighted by molar-refractivity contribution is 6.04. The zero-order valence-corrected chi connectivity index (χ0v) is 16.5. The Balaban J connectivity index is 1.42.